The molecule has 8 nitrogen and oxygen atoms in total. The Morgan fingerprint density at radius 2 is 1.71 bits per heavy atom. The molecule has 1 amide bonds. The zero-order chi connectivity index (χ0) is 22.6. The maximum absolute atomic E-state index is 13.0. The number of anilines is 1. The van der Waals surface area contributed by atoms with Crippen LogP contribution in [-0.4, -0.2) is 51.9 Å². The Balaban J connectivity index is 1.94. The molecule has 0 atom stereocenters. The Hall–Kier alpha value is -2.91. The summed E-state index contributed by atoms with van der Waals surface area (Å²) in [5, 5.41) is 2.74. The van der Waals surface area contributed by atoms with E-state index in [1.54, 1.807) is 19.1 Å². The van der Waals surface area contributed by atoms with Crippen LogP contribution in [0.2, 0.25) is 0 Å². The Morgan fingerprint density at radius 1 is 1.00 bits per heavy atom. The molecule has 1 heterocycles. The molecule has 166 valence electrons. The van der Waals surface area contributed by atoms with Gasteiger partial charge in [0.2, 0.25) is 10.0 Å². The van der Waals surface area contributed by atoms with Crippen molar-refractivity contribution in [1.29, 1.82) is 0 Å². The van der Waals surface area contributed by atoms with Crippen LogP contribution in [0.3, 0.4) is 0 Å². The van der Waals surface area contributed by atoms with Gasteiger partial charge in [0.15, 0.2) is 0 Å². The van der Waals surface area contributed by atoms with Gasteiger partial charge in [0, 0.05) is 18.8 Å². The van der Waals surface area contributed by atoms with Gasteiger partial charge in [-0.25, -0.2) is 13.2 Å². The maximum Gasteiger partial charge on any atom is 0.337 e. The van der Waals surface area contributed by atoms with Gasteiger partial charge in [-0.15, -0.1) is 0 Å². The number of nitrogens with one attached hydrogen (secondary N) is 1. The van der Waals surface area contributed by atoms with Gasteiger partial charge < -0.3 is 14.8 Å². The van der Waals surface area contributed by atoms with E-state index in [9.17, 15) is 18.0 Å². The Labute approximate surface area is 182 Å². The highest BCUT2D eigenvalue weighted by molar-refractivity contribution is 7.89. The molecule has 1 aliphatic heterocycles. The molecule has 31 heavy (non-hydrogen) atoms. The minimum atomic E-state index is -3.71. The summed E-state index contributed by atoms with van der Waals surface area (Å²) in [5.41, 5.74) is 1.52. The highest BCUT2D eigenvalue weighted by atomic mass is 32.2. The lowest BCUT2D eigenvalue weighted by Gasteiger charge is -2.26. The molecule has 0 radical (unpaired) electrons. The number of rotatable bonds is 6. The van der Waals surface area contributed by atoms with Gasteiger partial charge in [-0.1, -0.05) is 12.5 Å². The predicted octanol–water partition coefficient (Wildman–Crippen LogP) is 3.22. The predicted molar refractivity (Wildman–Crippen MR) is 116 cm³/mol. The summed E-state index contributed by atoms with van der Waals surface area (Å²) in [6, 6.07) is 9.06. The quantitative estimate of drug-likeness (QED) is 0.684. The molecule has 0 spiro atoms. The van der Waals surface area contributed by atoms with Crippen LogP contribution >= 0.6 is 0 Å². The van der Waals surface area contributed by atoms with E-state index in [4.69, 9.17) is 9.47 Å². The van der Waals surface area contributed by atoms with Gasteiger partial charge in [0.25, 0.3) is 5.91 Å². The van der Waals surface area contributed by atoms with Crippen molar-refractivity contribution in [2.45, 2.75) is 31.1 Å². The summed E-state index contributed by atoms with van der Waals surface area (Å²) in [5.74, 6) is -0.822. The Kier molecular flexibility index (Phi) is 6.97. The molecule has 0 unspecified atom stereocenters. The zero-order valence-electron chi connectivity index (χ0n) is 17.8. The Morgan fingerprint density at radius 3 is 2.35 bits per heavy atom. The number of hydrogen-bond acceptors (Lipinski definition) is 6. The summed E-state index contributed by atoms with van der Waals surface area (Å²) < 4.78 is 37.5. The molecule has 1 aliphatic rings. The highest BCUT2D eigenvalue weighted by Gasteiger charge is 2.27. The SMILES string of the molecule is COC(=O)c1ccc(C)c(NC(=O)c2cc(S(=O)(=O)N3CCCCC3)ccc2OC)c1. The number of hydrogen-bond donors (Lipinski definition) is 1. The van der Waals surface area contributed by atoms with Crippen molar-refractivity contribution in [3.8, 4) is 5.75 Å². The zero-order valence-corrected chi connectivity index (χ0v) is 18.6. The normalized spacial score (nSPS) is 14.7. The third-order valence-electron chi connectivity index (χ3n) is 5.28. The molecule has 0 aromatic heterocycles. The maximum atomic E-state index is 13.0. The van der Waals surface area contributed by atoms with Crippen LogP contribution in [0, 0.1) is 6.92 Å². The van der Waals surface area contributed by atoms with Crippen molar-refractivity contribution in [1.82, 2.24) is 4.31 Å². The van der Waals surface area contributed by atoms with Crippen molar-refractivity contribution >= 4 is 27.6 Å². The minimum absolute atomic E-state index is 0.0420. The van der Waals surface area contributed by atoms with E-state index in [0.29, 0.717) is 18.8 Å². The first-order chi connectivity index (χ1) is 14.8. The summed E-state index contributed by atoms with van der Waals surface area (Å²) in [6.07, 6.45) is 2.64. The smallest absolute Gasteiger partial charge is 0.337 e. The van der Waals surface area contributed by atoms with Crippen LogP contribution in [0.5, 0.6) is 5.75 Å². The molecule has 0 saturated carbocycles. The number of amides is 1. The van der Waals surface area contributed by atoms with E-state index in [2.05, 4.69) is 5.32 Å². The van der Waals surface area contributed by atoms with E-state index >= 15 is 0 Å². The fourth-order valence-electron chi connectivity index (χ4n) is 3.47. The number of carbonyl (C=O) groups excluding carboxylic acids is 2. The summed E-state index contributed by atoms with van der Waals surface area (Å²) in [4.78, 5) is 24.9. The fraction of sp³-hybridized carbons (Fsp3) is 0.364. The molecule has 0 aliphatic carbocycles. The number of aryl methyl sites for hydroxylation is 1. The van der Waals surface area contributed by atoms with Crippen LogP contribution in [-0.2, 0) is 14.8 Å². The number of benzene rings is 2. The van der Waals surface area contributed by atoms with Crippen molar-refractivity contribution in [3.63, 3.8) is 0 Å². The van der Waals surface area contributed by atoms with Crippen LogP contribution in [0.4, 0.5) is 5.69 Å². The third-order valence-corrected chi connectivity index (χ3v) is 7.17. The molecule has 9 heteroatoms. The van der Waals surface area contributed by atoms with Gasteiger partial charge in [0.1, 0.15) is 5.75 Å². The molecule has 2 aromatic carbocycles. The first kappa shape index (κ1) is 22.8. The number of piperidine rings is 1. The van der Waals surface area contributed by atoms with Crippen LogP contribution < -0.4 is 10.1 Å². The van der Waals surface area contributed by atoms with Gasteiger partial charge in [0.05, 0.1) is 30.2 Å². The van der Waals surface area contributed by atoms with Crippen molar-refractivity contribution < 1.29 is 27.5 Å². The number of methoxy groups -OCH3 is 2. The second kappa shape index (κ2) is 9.49. The topological polar surface area (TPSA) is 102 Å². The van der Waals surface area contributed by atoms with Crippen LogP contribution in [0.1, 0.15) is 45.5 Å². The molecular weight excluding hydrogens is 420 g/mol. The fourth-order valence-corrected chi connectivity index (χ4v) is 5.01. The van der Waals surface area contributed by atoms with Gasteiger partial charge in [-0.2, -0.15) is 4.31 Å². The summed E-state index contributed by atoms with van der Waals surface area (Å²) >= 11 is 0. The van der Waals surface area contributed by atoms with Crippen molar-refractivity contribution in [3.05, 3.63) is 53.1 Å². The number of carbonyl (C=O) groups is 2. The lowest BCUT2D eigenvalue weighted by Crippen LogP contribution is -2.35. The first-order valence-corrected chi connectivity index (χ1v) is 11.4. The summed E-state index contributed by atoms with van der Waals surface area (Å²) in [7, 11) is -1.02. The van der Waals surface area contributed by atoms with Crippen LogP contribution in [0.15, 0.2) is 41.3 Å². The highest BCUT2D eigenvalue weighted by Crippen LogP contribution is 2.28. The van der Waals surface area contributed by atoms with Gasteiger partial charge in [-0.05, 0) is 55.7 Å². The third kappa shape index (κ3) is 4.88. The first-order valence-electron chi connectivity index (χ1n) is 9.96. The molecular formula is C22H26N2O6S. The lowest BCUT2D eigenvalue weighted by atomic mass is 10.1. The number of sulfonamides is 1. The molecule has 2 aromatic rings. The second-order valence-electron chi connectivity index (χ2n) is 7.30. The van der Waals surface area contributed by atoms with Crippen molar-refractivity contribution in [2.24, 2.45) is 0 Å². The second-order valence-corrected chi connectivity index (χ2v) is 9.24. The standard InChI is InChI=1S/C22H26N2O6S/c1-15-7-8-16(22(26)30-3)13-19(15)23-21(25)18-14-17(9-10-20(18)29-2)31(27,28)24-11-5-4-6-12-24/h7-10,13-14H,4-6,11-12H2,1-3H3,(H,23,25). The minimum Gasteiger partial charge on any atom is -0.496 e. The van der Waals surface area contributed by atoms with E-state index in [-0.39, 0.29) is 21.8 Å². The van der Waals surface area contributed by atoms with E-state index in [1.165, 1.54) is 42.8 Å². The molecule has 1 fully saturated rings. The average Bonchev–Trinajstić information content (AvgIpc) is 2.80. The van der Waals surface area contributed by atoms with Gasteiger partial charge >= 0.3 is 5.97 Å². The molecule has 0 bridgehead atoms. The molecule has 1 N–H and O–H groups in total. The molecule has 1 saturated heterocycles. The average molecular weight is 447 g/mol. The number of esters is 1. The van der Waals surface area contributed by atoms with E-state index in [1.807, 2.05) is 0 Å². The van der Waals surface area contributed by atoms with E-state index in [0.717, 1.165) is 24.8 Å². The van der Waals surface area contributed by atoms with Gasteiger partial charge in [-0.3, -0.25) is 4.79 Å². The Bertz CT molecular complexity index is 1090. The summed E-state index contributed by atoms with van der Waals surface area (Å²) in [6.45, 7) is 2.72. The van der Waals surface area contributed by atoms with Crippen molar-refractivity contribution in [2.75, 3.05) is 32.6 Å². The number of ether oxygens (including phenoxy) is 2. The largest absolute Gasteiger partial charge is 0.496 e. The lowest BCUT2D eigenvalue weighted by molar-refractivity contribution is 0.0600. The number of nitrogens with zero attached hydrogens (tertiary/aromatic N) is 1. The molecule has 3 rings (SSSR count). The van der Waals surface area contributed by atoms with E-state index < -0.39 is 21.9 Å². The van der Waals surface area contributed by atoms with Crippen LogP contribution in [0.25, 0.3) is 0 Å². The monoisotopic (exact) mass is 446 g/mol.